The van der Waals surface area contributed by atoms with Gasteiger partial charge in [0.25, 0.3) is 0 Å². The van der Waals surface area contributed by atoms with E-state index in [9.17, 15) is 0 Å². The summed E-state index contributed by atoms with van der Waals surface area (Å²) < 4.78 is 5.04. The zero-order valence-corrected chi connectivity index (χ0v) is 9.81. The van der Waals surface area contributed by atoms with Gasteiger partial charge >= 0.3 is 0 Å². The summed E-state index contributed by atoms with van der Waals surface area (Å²) in [6.07, 6.45) is 0. The minimum Gasteiger partial charge on any atom is -0.494 e. The number of hydrogen-bond acceptors (Lipinski definition) is 1. The van der Waals surface area contributed by atoms with E-state index in [1.165, 1.54) is 7.11 Å². The summed E-state index contributed by atoms with van der Waals surface area (Å²) in [4.78, 5) is 0. The molecule has 13 heavy (non-hydrogen) atoms. The fourth-order valence-corrected chi connectivity index (χ4v) is 1.94. The van der Waals surface area contributed by atoms with E-state index in [4.69, 9.17) is 39.5 Å². The predicted molar refractivity (Wildman–Crippen MR) is 57.5 cm³/mol. The van der Waals surface area contributed by atoms with Crippen LogP contribution in [0.15, 0.2) is 0 Å². The summed E-state index contributed by atoms with van der Waals surface area (Å²) in [6, 6.07) is 0. The molecule has 0 radical (unpaired) electrons. The Labute approximate surface area is 92.5 Å². The molecule has 1 aromatic rings. The monoisotopic (exact) mass is 238 g/mol. The van der Waals surface area contributed by atoms with Gasteiger partial charge in [-0.2, -0.15) is 0 Å². The molecule has 72 valence electrons. The fourth-order valence-electron chi connectivity index (χ4n) is 1.04. The number of rotatable bonds is 1. The maximum atomic E-state index is 6.01. The van der Waals surface area contributed by atoms with Crippen molar-refractivity contribution in [3.8, 4) is 5.75 Å². The zero-order chi connectivity index (χ0) is 10.2. The van der Waals surface area contributed by atoms with Gasteiger partial charge in [-0.25, -0.2) is 0 Å². The summed E-state index contributed by atoms with van der Waals surface area (Å²) in [5.41, 5.74) is 1.78. The van der Waals surface area contributed by atoms with E-state index in [1.807, 2.05) is 13.8 Å². The molecule has 0 N–H and O–H groups in total. The average Bonchev–Trinajstić information content (AvgIpc) is 2.13. The van der Waals surface area contributed by atoms with Crippen LogP contribution in [0.2, 0.25) is 15.1 Å². The topological polar surface area (TPSA) is 9.23 Å². The van der Waals surface area contributed by atoms with Crippen LogP contribution < -0.4 is 4.74 Å². The lowest BCUT2D eigenvalue weighted by Gasteiger charge is -2.12. The zero-order valence-electron chi connectivity index (χ0n) is 7.54. The molecule has 0 fully saturated rings. The molecule has 1 rings (SSSR count). The van der Waals surface area contributed by atoms with Gasteiger partial charge in [-0.1, -0.05) is 34.8 Å². The van der Waals surface area contributed by atoms with Gasteiger partial charge in [0, 0.05) is 0 Å². The normalized spacial score (nSPS) is 10.3. The summed E-state index contributed by atoms with van der Waals surface area (Å²) in [5.74, 6) is 0.441. The molecule has 0 aliphatic carbocycles. The molecule has 4 heteroatoms. The average molecular weight is 240 g/mol. The lowest BCUT2D eigenvalue weighted by Crippen LogP contribution is -1.92. The van der Waals surface area contributed by atoms with Crippen molar-refractivity contribution in [2.45, 2.75) is 13.8 Å². The number of halogens is 3. The van der Waals surface area contributed by atoms with Gasteiger partial charge in [-0.15, -0.1) is 0 Å². The van der Waals surface area contributed by atoms with Crippen LogP contribution in [0, 0.1) is 13.8 Å². The van der Waals surface area contributed by atoms with Gasteiger partial charge in [0.2, 0.25) is 0 Å². The predicted octanol–water partition coefficient (Wildman–Crippen LogP) is 4.27. The third kappa shape index (κ3) is 1.74. The Morgan fingerprint density at radius 2 is 1.31 bits per heavy atom. The number of ether oxygens (including phenoxy) is 1. The van der Waals surface area contributed by atoms with Crippen molar-refractivity contribution in [1.82, 2.24) is 0 Å². The van der Waals surface area contributed by atoms with Crippen LogP contribution in [0.25, 0.3) is 0 Å². The highest BCUT2D eigenvalue weighted by Crippen LogP contribution is 2.42. The van der Waals surface area contributed by atoms with E-state index in [0.29, 0.717) is 20.8 Å². The van der Waals surface area contributed by atoms with Crippen molar-refractivity contribution in [1.29, 1.82) is 0 Å². The minimum absolute atomic E-state index is 0.372. The molecular formula is C9H9Cl3O. The Balaban J connectivity index is 3.56. The number of benzene rings is 1. The quantitative estimate of drug-likeness (QED) is 0.665. The summed E-state index contributed by atoms with van der Waals surface area (Å²) in [7, 11) is 1.51. The third-order valence-electron chi connectivity index (χ3n) is 2.02. The van der Waals surface area contributed by atoms with Crippen LogP contribution in [0.5, 0.6) is 5.75 Å². The molecule has 0 atom stereocenters. The van der Waals surface area contributed by atoms with Crippen LogP contribution in [0.3, 0.4) is 0 Å². The highest BCUT2D eigenvalue weighted by Gasteiger charge is 2.16. The molecule has 0 aliphatic rings. The van der Waals surface area contributed by atoms with Crippen LogP contribution in [0.4, 0.5) is 0 Å². The highest BCUT2D eigenvalue weighted by atomic mass is 35.5. The van der Waals surface area contributed by atoms with Gasteiger partial charge < -0.3 is 4.74 Å². The van der Waals surface area contributed by atoms with Gasteiger partial charge in [-0.3, -0.25) is 0 Å². The molecule has 0 bridgehead atoms. The first-order valence-electron chi connectivity index (χ1n) is 3.68. The van der Waals surface area contributed by atoms with E-state index < -0.39 is 0 Å². The SMILES string of the molecule is COc1c(Cl)c(C)c(C)c(Cl)c1Cl. The molecule has 0 saturated heterocycles. The number of hydrogen-bond donors (Lipinski definition) is 0. The van der Waals surface area contributed by atoms with E-state index in [0.717, 1.165) is 11.1 Å². The maximum Gasteiger partial charge on any atom is 0.157 e. The maximum absolute atomic E-state index is 6.01. The van der Waals surface area contributed by atoms with Crippen molar-refractivity contribution < 1.29 is 4.74 Å². The minimum atomic E-state index is 0.372. The second kappa shape index (κ2) is 3.95. The molecule has 0 amide bonds. The summed E-state index contributed by atoms with van der Waals surface area (Å²) >= 11 is 17.9. The number of methoxy groups -OCH3 is 1. The molecular weight excluding hydrogens is 230 g/mol. The van der Waals surface area contributed by atoms with Gasteiger partial charge in [0.05, 0.1) is 17.2 Å². The molecule has 1 nitrogen and oxygen atoms in total. The molecule has 0 spiro atoms. The van der Waals surface area contributed by atoms with Crippen molar-refractivity contribution in [2.24, 2.45) is 0 Å². The van der Waals surface area contributed by atoms with Crippen molar-refractivity contribution in [3.05, 3.63) is 26.2 Å². The first-order chi connectivity index (χ1) is 6.00. The Hall–Kier alpha value is -0.110. The molecule has 0 heterocycles. The molecule has 0 unspecified atom stereocenters. The van der Waals surface area contributed by atoms with Crippen molar-refractivity contribution >= 4 is 34.8 Å². The second-order valence-electron chi connectivity index (χ2n) is 2.73. The van der Waals surface area contributed by atoms with Gasteiger partial charge in [0.15, 0.2) is 5.75 Å². The Morgan fingerprint density at radius 1 is 0.846 bits per heavy atom. The fraction of sp³-hybridized carbons (Fsp3) is 0.333. The van der Waals surface area contributed by atoms with E-state index in [1.54, 1.807) is 0 Å². The summed E-state index contributed by atoms with van der Waals surface area (Å²) in [5, 5.41) is 1.40. The molecule has 0 saturated carbocycles. The van der Waals surface area contributed by atoms with E-state index >= 15 is 0 Å². The van der Waals surface area contributed by atoms with Crippen molar-refractivity contribution in [2.75, 3.05) is 7.11 Å². The van der Waals surface area contributed by atoms with E-state index in [-0.39, 0.29) is 0 Å². The summed E-state index contributed by atoms with van der Waals surface area (Å²) in [6.45, 7) is 3.75. The largest absolute Gasteiger partial charge is 0.494 e. The first kappa shape index (κ1) is 11.0. The Morgan fingerprint density at radius 3 is 1.77 bits per heavy atom. The van der Waals surface area contributed by atoms with Gasteiger partial charge in [0.1, 0.15) is 5.02 Å². The Bertz CT molecular complexity index is 318. The van der Waals surface area contributed by atoms with Crippen LogP contribution in [0.1, 0.15) is 11.1 Å². The molecule has 0 aliphatic heterocycles. The first-order valence-corrected chi connectivity index (χ1v) is 4.81. The molecule has 1 aromatic carbocycles. The van der Waals surface area contributed by atoms with Crippen LogP contribution in [-0.4, -0.2) is 7.11 Å². The highest BCUT2D eigenvalue weighted by molar-refractivity contribution is 6.45. The van der Waals surface area contributed by atoms with Gasteiger partial charge in [-0.05, 0) is 25.0 Å². The van der Waals surface area contributed by atoms with Crippen LogP contribution >= 0.6 is 34.8 Å². The lowest BCUT2D eigenvalue weighted by molar-refractivity contribution is 0.415. The van der Waals surface area contributed by atoms with E-state index in [2.05, 4.69) is 0 Å². The van der Waals surface area contributed by atoms with Crippen LogP contribution in [-0.2, 0) is 0 Å². The lowest BCUT2D eigenvalue weighted by atomic mass is 10.1. The van der Waals surface area contributed by atoms with Crippen molar-refractivity contribution in [3.63, 3.8) is 0 Å². The third-order valence-corrected chi connectivity index (χ3v) is 3.40. The standard InChI is InChI=1S/C9H9Cl3O/c1-4-5(2)7(11)9(13-3)8(12)6(4)10/h1-3H3. The second-order valence-corrected chi connectivity index (χ2v) is 3.86. The Kier molecular flexibility index (Phi) is 3.33. The smallest absolute Gasteiger partial charge is 0.157 e. The molecule has 0 aromatic heterocycles.